The van der Waals surface area contributed by atoms with E-state index in [0.29, 0.717) is 12.3 Å². The van der Waals surface area contributed by atoms with Crippen LogP contribution in [0.5, 0.6) is 0 Å². The van der Waals surface area contributed by atoms with Crippen molar-refractivity contribution >= 4 is 27.9 Å². The van der Waals surface area contributed by atoms with E-state index in [-0.39, 0.29) is 5.12 Å². The Bertz CT molecular complexity index is 754. The number of hydrogen-bond donors (Lipinski definition) is 1. The van der Waals surface area contributed by atoms with E-state index in [9.17, 15) is 14.4 Å². The number of hydrogen-bond acceptors (Lipinski definition) is 4. The molecule has 1 heterocycles. The zero-order chi connectivity index (χ0) is 18.5. The molecule has 1 N–H and O–H groups in total. The second kappa shape index (κ2) is 8.19. The van der Waals surface area contributed by atoms with E-state index in [0.717, 1.165) is 11.1 Å². The van der Waals surface area contributed by atoms with Crippen molar-refractivity contribution < 1.29 is 19.1 Å². The fourth-order valence-electron chi connectivity index (χ4n) is 2.92. The molecule has 6 heteroatoms. The van der Waals surface area contributed by atoms with Crippen molar-refractivity contribution in [1.82, 2.24) is 5.32 Å². The lowest BCUT2D eigenvalue weighted by Crippen LogP contribution is -2.55. The largest absolute Gasteiger partial charge is 0.448 e. The van der Waals surface area contributed by atoms with E-state index < -0.39 is 34.1 Å². The number of benzene rings is 2. The van der Waals surface area contributed by atoms with Gasteiger partial charge in [-0.2, -0.15) is 0 Å². The van der Waals surface area contributed by atoms with Crippen molar-refractivity contribution in [3.8, 4) is 0 Å². The maximum Gasteiger partial charge on any atom is 0.371 e. The Morgan fingerprint density at radius 2 is 1.58 bits per heavy atom. The van der Waals surface area contributed by atoms with Gasteiger partial charge in [-0.1, -0.05) is 60.7 Å². The smallest absolute Gasteiger partial charge is 0.371 e. The van der Waals surface area contributed by atoms with E-state index >= 15 is 0 Å². The quantitative estimate of drug-likeness (QED) is 0.507. The Morgan fingerprint density at radius 1 is 1.04 bits per heavy atom. The molecule has 2 atom stereocenters. The fraction of sp³-hybridized carbons (Fsp3) is 0.250. The summed E-state index contributed by atoms with van der Waals surface area (Å²) >= 11 is 0. The van der Waals surface area contributed by atoms with Crippen LogP contribution < -0.4 is 5.32 Å². The Labute approximate surface area is 155 Å². The van der Waals surface area contributed by atoms with Crippen LogP contribution in [0.25, 0.3) is 0 Å². The third kappa shape index (κ3) is 3.96. The average molecular weight is 370 g/mol. The Kier molecular flexibility index (Phi) is 5.73. The summed E-state index contributed by atoms with van der Waals surface area (Å²) in [5.74, 6) is -0.611. The van der Waals surface area contributed by atoms with Crippen LogP contribution in [0.15, 0.2) is 60.7 Å². The summed E-state index contributed by atoms with van der Waals surface area (Å²) in [6, 6.07) is 18.7. The third-order valence-electron chi connectivity index (χ3n) is 4.17. The SMILES string of the molecule is CC(=O)[S+]1CCNC(=O)C1C(=O)OC(c1ccccc1)c1ccccc1. The zero-order valence-corrected chi connectivity index (χ0v) is 15.2. The molecule has 3 rings (SSSR count). The average Bonchev–Trinajstić information content (AvgIpc) is 2.67. The highest BCUT2D eigenvalue weighted by atomic mass is 32.2. The topological polar surface area (TPSA) is 72.5 Å². The van der Waals surface area contributed by atoms with Crippen LogP contribution in [0.1, 0.15) is 24.2 Å². The van der Waals surface area contributed by atoms with Gasteiger partial charge in [0.25, 0.3) is 11.2 Å². The maximum absolute atomic E-state index is 12.9. The van der Waals surface area contributed by atoms with Crippen LogP contribution in [0.2, 0.25) is 0 Å². The number of nitrogens with one attached hydrogen (secondary N) is 1. The van der Waals surface area contributed by atoms with Gasteiger partial charge >= 0.3 is 11.1 Å². The van der Waals surface area contributed by atoms with Crippen LogP contribution in [-0.2, 0) is 30.0 Å². The second-order valence-corrected chi connectivity index (χ2v) is 8.25. The Morgan fingerprint density at radius 3 is 2.08 bits per heavy atom. The van der Waals surface area contributed by atoms with Crippen LogP contribution in [-0.4, -0.2) is 34.5 Å². The van der Waals surface area contributed by atoms with Gasteiger partial charge in [0.15, 0.2) is 6.10 Å². The molecule has 2 aromatic rings. The summed E-state index contributed by atoms with van der Waals surface area (Å²) in [4.78, 5) is 37.0. The first kappa shape index (κ1) is 18.2. The molecule has 26 heavy (non-hydrogen) atoms. The Balaban J connectivity index is 1.90. The summed E-state index contributed by atoms with van der Waals surface area (Å²) in [5.41, 5.74) is 1.62. The predicted molar refractivity (Wildman–Crippen MR) is 101 cm³/mol. The first-order chi connectivity index (χ1) is 12.6. The van der Waals surface area contributed by atoms with E-state index in [1.54, 1.807) is 0 Å². The van der Waals surface area contributed by atoms with Crippen molar-refractivity contribution in [2.45, 2.75) is 18.3 Å². The van der Waals surface area contributed by atoms with Crippen molar-refractivity contribution in [2.75, 3.05) is 12.3 Å². The lowest BCUT2D eigenvalue weighted by molar-refractivity contribution is -0.149. The van der Waals surface area contributed by atoms with Crippen molar-refractivity contribution in [1.29, 1.82) is 0 Å². The van der Waals surface area contributed by atoms with E-state index in [1.165, 1.54) is 6.92 Å². The van der Waals surface area contributed by atoms with E-state index in [1.807, 2.05) is 60.7 Å². The van der Waals surface area contributed by atoms with Crippen LogP contribution in [0.4, 0.5) is 0 Å². The number of ether oxygens (including phenoxy) is 1. The maximum atomic E-state index is 12.9. The molecule has 0 bridgehead atoms. The van der Waals surface area contributed by atoms with Crippen molar-refractivity contribution in [3.63, 3.8) is 0 Å². The first-order valence-corrected chi connectivity index (χ1v) is 9.82. The molecule has 1 amide bonds. The second-order valence-electron chi connectivity index (χ2n) is 5.93. The molecule has 2 unspecified atom stereocenters. The highest BCUT2D eigenvalue weighted by Crippen LogP contribution is 2.27. The summed E-state index contributed by atoms with van der Waals surface area (Å²) in [5, 5.41) is 1.45. The fourth-order valence-corrected chi connectivity index (χ4v) is 4.73. The lowest BCUT2D eigenvalue weighted by Gasteiger charge is -2.24. The van der Waals surface area contributed by atoms with E-state index in [4.69, 9.17) is 4.74 Å². The van der Waals surface area contributed by atoms with Crippen molar-refractivity contribution in [2.24, 2.45) is 0 Å². The summed E-state index contributed by atoms with van der Waals surface area (Å²) < 4.78 is 5.77. The van der Waals surface area contributed by atoms with Gasteiger partial charge in [0, 0.05) is 6.92 Å². The van der Waals surface area contributed by atoms with Gasteiger partial charge in [-0.25, -0.2) is 9.59 Å². The molecule has 5 nitrogen and oxygen atoms in total. The van der Waals surface area contributed by atoms with Gasteiger partial charge in [-0.3, -0.25) is 4.79 Å². The normalized spacial score (nSPS) is 19.7. The number of esters is 1. The minimum Gasteiger partial charge on any atom is -0.448 e. The number of rotatable bonds is 4. The van der Waals surface area contributed by atoms with Gasteiger partial charge in [0.1, 0.15) is 5.75 Å². The van der Waals surface area contributed by atoms with Crippen LogP contribution in [0, 0.1) is 0 Å². The molecule has 0 aromatic heterocycles. The molecule has 2 aromatic carbocycles. The van der Waals surface area contributed by atoms with Gasteiger partial charge in [-0.05, 0) is 11.1 Å². The molecule has 0 aliphatic carbocycles. The lowest BCUT2D eigenvalue weighted by atomic mass is 10.0. The third-order valence-corrected chi connectivity index (χ3v) is 6.52. The van der Waals surface area contributed by atoms with Gasteiger partial charge in [-0.15, -0.1) is 0 Å². The minimum absolute atomic E-state index is 0.141. The first-order valence-electron chi connectivity index (χ1n) is 8.36. The van der Waals surface area contributed by atoms with Crippen LogP contribution in [0.3, 0.4) is 0 Å². The van der Waals surface area contributed by atoms with Gasteiger partial charge in [0.05, 0.1) is 17.4 Å². The van der Waals surface area contributed by atoms with E-state index in [2.05, 4.69) is 5.32 Å². The number of carbonyl (C=O) groups is 3. The molecule has 1 saturated heterocycles. The van der Waals surface area contributed by atoms with Crippen LogP contribution >= 0.6 is 0 Å². The molecule has 1 aliphatic heterocycles. The Hall–Kier alpha value is -2.60. The highest BCUT2D eigenvalue weighted by Gasteiger charge is 2.51. The summed E-state index contributed by atoms with van der Waals surface area (Å²) in [7, 11) is -0.949. The molecular formula is C20H20NO4S+. The highest BCUT2D eigenvalue weighted by molar-refractivity contribution is 8.12. The molecule has 0 radical (unpaired) electrons. The summed E-state index contributed by atoms with van der Waals surface area (Å²) in [6.07, 6.45) is -0.628. The number of amides is 1. The van der Waals surface area contributed by atoms with Crippen molar-refractivity contribution in [3.05, 3.63) is 71.8 Å². The van der Waals surface area contributed by atoms with Gasteiger partial charge in [0.2, 0.25) is 0 Å². The van der Waals surface area contributed by atoms with Gasteiger partial charge < -0.3 is 10.1 Å². The monoisotopic (exact) mass is 370 g/mol. The molecule has 1 fully saturated rings. The summed E-state index contributed by atoms with van der Waals surface area (Å²) in [6.45, 7) is 1.83. The molecule has 134 valence electrons. The molecule has 1 aliphatic rings. The predicted octanol–water partition coefficient (Wildman–Crippen LogP) is 1.98. The molecule has 0 spiro atoms. The zero-order valence-electron chi connectivity index (χ0n) is 14.4. The minimum atomic E-state index is -1.07. The molecular weight excluding hydrogens is 350 g/mol. The standard InChI is InChI=1S/C20H19NO4S/c1-14(22)26-13-12-21-19(23)18(26)20(24)25-17(15-8-4-2-5-9-15)16-10-6-3-7-11-16/h2-11,17-18H,12-13H2,1H3/p+1. The number of carbonyl (C=O) groups excluding carboxylic acids is 3. The molecule has 0 saturated carbocycles.